The fraction of sp³-hybridized carbons (Fsp3) is 0.333. The van der Waals surface area contributed by atoms with E-state index in [2.05, 4.69) is 31.9 Å². The average Bonchev–Trinajstić information content (AvgIpc) is 2.85. The summed E-state index contributed by atoms with van der Waals surface area (Å²) in [5, 5.41) is 23.8. The Bertz CT molecular complexity index is 1670. The molecule has 0 spiro atoms. The summed E-state index contributed by atoms with van der Waals surface area (Å²) in [5.41, 5.74) is 4.75. The van der Waals surface area contributed by atoms with E-state index in [4.69, 9.17) is 0 Å². The summed E-state index contributed by atoms with van der Waals surface area (Å²) in [6, 6.07) is 12.0. The molecule has 0 unspecified atom stereocenters. The summed E-state index contributed by atoms with van der Waals surface area (Å²) < 4.78 is 0. The number of fused-ring (bicyclic) bond motifs is 3. The normalized spacial score (nSPS) is 27.4. The summed E-state index contributed by atoms with van der Waals surface area (Å²) >= 11 is 0. The molecule has 0 radical (unpaired) electrons. The minimum atomic E-state index is -2.19. The molecule has 0 bridgehead atoms. The second-order valence-corrected chi connectivity index (χ2v) is 12.5. The second-order valence-electron chi connectivity index (χ2n) is 12.5. The van der Waals surface area contributed by atoms with Crippen LogP contribution in [0.15, 0.2) is 72.0 Å². The third-order valence-electron chi connectivity index (χ3n) is 9.24. The lowest BCUT2D eigenvalue weighted by molar-refractivity contribution is -0.157. The predicted molar refractivity (Wildman–Crippen MR) is 159 cm³/mol. The van der Waals surface area contributed by atoms with Crippen LogP contribution in [0.5, 0.6) is 0 Å². The summed E-state index contributed by atoms with van der Waals surface area (Å²) in [6.45, 7) is 19.4. The number of rotatable bonds is 2. The molecule has 3 atom stereocenters. The highest BCUT2D eigenvalue weighted by Gasteiger charge is 2.66. The lowest BCUT2D eigenvalue weighted by Crippen LogP contribution is -2.63. The number of Topliss-reactive ketones (excluding diaryl/α,β-unsaturated/α-hetero) is 2. The van der Waals surface area contributed by atoms with Crippen LogP contribution in [0.4, 0.5) is 0 Å². The molecule has 0 fully saturated rings. The molecule has 2 aromatic rings. The van der Waals surface area contributed by atoms with E-state index >= 15 is 0 Å². The maximum absolute atomic E-state index is 13.7. The molecular weight excluding hydrogens is 496 g/mol. The Labute approximate surface area is 236 Å². The summed E-state index contributed by atoms with van der Waals surface area (Å²) in [6.07, 6.45) is 1.34. The van der Waals surface area contributed by atoms with Gasteiger partial charge in [-0.05, 0) is 93.0 Å². The third-order valence-corrected chi connectivity index (χ3v) is 9.24. The number of carbonyl (C=O) groups is 2. The third kappa shape index (κ3) is 3.79. The van der Waals surface area contributed by atoms with Gasteiger partial charge in [-0.1, -0.05) is 68.2 Å². The van der Waals surface area contributed by atoms with Gasteiger partial charge in [0.1, 0.15) is 5.76 Å². The molecule has 5 rings (SSSR count). The Morgan fingerprint density at radius 2 is 1.65 bits per heavy atom. The van der Waals surface area contributed by atoms with Crippen molar-refractivity contribution in [3.63, 3.8) is 0 Å². The van der Waals surface area contributed by atoms with Crippen molar-refractivity contribution in [2.24, 2.45) is 10.8 Å². The zero-order valence-electron chi connectivity index (χ0n) is 24.2. The van der Waals surface area contributed by atoms with Crippen molar-refractivity contribution in [3.05, 3.63) is 105 Å². The minimum absolute atomic E-state index is 0.0115. The van der Waals surface area contributed by atoms with Crippen molar-refractivity contribution in [2.45, 2.75) is 66.4 Å². The molecule has 0 saturated heterocycles. The van der Waals surface area contributed by atoms with E-state index in [-0.39, 0.29) is 11.3 Å². The molecule has 204 valence electrons. The first kappa shape index (κ1) is 27.6. The Balaban J connectivity index is 1.66. The number of aliphatic hydroxyl groups excluding tert-OH is 1. The molecule has 0 amide bonds. The van der Waals surface area contributed by atoms with Gasteiger partial charge < -0.3 is 10.2 Å². The number of ketones is 2. The lowest BCUT2D eigenvalue weighted by atomic mass is 9.47. The van der Waals surface area contributed by atoms with Crippen molar-refractivity contribution >= 4 is 22.7 Å². The van der Waals surface area contributed by atoms with E-state index in [0.29, 0.717) is 36.0 Å². The van der Waals surface area contributed by atoms with Crippen LogP contribution in [0, 0.1) is 29.6 Å². The van der Waals surface area contributed by atoms with Crippen molar-refractivity contribution in [3.8, 4) is 11.8 Å². The van der Waals surface area contributed by atoms with E-state index in [1.165, 1.54) is 6.92 Å². The Hall–Kier alpha value is -3.94. The van der Waals surface area contributed by atoms with Crippen LogP contribution >= 0.6 is 0 Å². The number of carbonyl (C=O) groups excluding carboxylic acids is 2. The van der Waals surface area contributed by atoms with E-state index in [9.17, 15) is 19.8 Å². The zero-order chi connectivity index (χ0) is 29.4. The molecule has 3 aliphatic rings. The predicted octanol–water partition coefficient (Wildman–Crippen LogP) is 6.84. The fourth-order valence-corrected chi connectivity index (χ4v) is 7.55. The molecule has 2 aromatic carbocycles. The minimum Gasteiger partial charge on any atom is -0.508 e. The Morgan fingerprint density at radius 3 is 2.25 bits per heavy atom. The van der Waals surface area contributed by atoms with Crippen molar-refractivity contribution in [1.29, 1.82) is 0 Å². The quantitative estimate of drug-likeness (QED) is 0.328. The van der Waals surface area contributed by atoms with Gasteiger partial charge in [0.25, 0.3) is 0 Å². The largest absolute Gasteiger partial charge is 0.508 e. The van der Waals surface area contributed by atoms with Gasteiger partial charge in [0.2, 0.25) is 5.78 Å². The number of benzene rings is 2. The maximum Gasteiger partial charge on any atom is 0.206 e. The number of aliphatic hydroxyl groups is 2. The molecule has 0 heterocycles. The molecule has 40 heavy (non-hydrogen) atoms. The average molecular weight is 533 g/mol. The van der Waals surface area contributed by atoms with Crippen LogP contribution < -0.4 is 0 Å². The standard InChI is InChI=1S/C36H36O4/c1-20(2)26-14-10-25(11-15-26)12-16-27-13-9-21(3)29-23(5)31-33(39)36(40)32(38)30(24(6)37)22(4)17-35(36,8)19-34(31,7)18-28(27)29/h9-11,13-15,39-40H,1,5,17-19H2,2-4,6-8H3/t34-,35+,36+/m1/s1. The monoisotopic (exact) mass is 532 g/mol. The molecule has 0 saturated carbocycles. The molecule has 0 aliphatic heterocycles. The van der Waals surface area contributed by atoms with Crippen molar-refractivity contribution < 1.29 is 19.8 Å². The highest BCUT2D eigenvalue weighted by molar-refractivity contribution is 6.24. The van der Waals surface area contributed by atoms with E-state index < -0.39 is 28.0 Å². The smallest absolute Gasteiger partial charge is 0.206 e. The Morgan fingerprint density at radius 1 is 1.00 bits per heavy atom. The number of aryl methyl sites for hydroxylation is 1. The molecular formula is C36H36O4. The van der Waals surface area contributed by atoms with Crippen molar-refractivity contribution in [2.75, 3.05) is 0 Å². The maximum atomic E-state index is 13.7. The first-order chi connectivity index (χ1) is 18.6. The van der Waals surface area contributed by atoms with Crippen molar-refractivity contribution in [1.82, 2.24) is 0 Å². The topological polar surface area (TPSA) is 74.6 Å². The highest BCUT2D eigenvalue weighted by atomic mass is 16.3. The zero-order valence-corrected chi connectivity index (χ0v) is 24.2. The second kappa shape index (κ2) is 9.04. The van der Waals surface area contributed by atoms with Gasteiger partial charge in [0.15, 0.2) is 11.4 Å². The number of hydrogen-bond acceptors (Lipinski definition) is 4. The number of hydrogen-bond donors (Lipinski definition) is 2. The molecule has 4 nitrogen and oxygen atoms in total. The molecule has 4 heteroatoms. The lowest BCUT2D eigenvalue weighted by Gasteiger charge is -2.57. The Kier molecular flexibility index (Phi) is 6.25. The van der Waals surface area contributed by atoms with E-state index in [0.717, 1.165) is 39.0 Å². The highest BCUT2D eigenvalue weighted by Crippen LogP contribution is 2.64. The molecule has 2 N–H and O–H groups in total. The van der Waals surface area contributed by atoms with Crippen LogP contribution in [-0.4, -0.2) is 27.4 Å². The van der Waals surface area contributed by atoms with Gasteiger partial charge >= 0.3 is 0 Å². The first-order valence-electron chi connectivity index (χ1n) is 13.7. The summed E-state index contributed by atoms with van der Waals surface area (Å²) in [4.78, 5) is 26.1. The van der Waals surface area contributed by atoms with Gasteiger partial charge in [0.05, 0.1) is 5.57 Å². The van der Waals surface area contributed by atoms with Gasteiger partial charge in [-0.15, -0.1) is 0 Å². The summed E-state index contributed by atoms with van der Waals surface area (Å²) in [5.74, 6) is 5.19. The van der Waals surface area contributed by atoms with Gasteiger partial charge in [-0.25, -0.2) is 0 Å². The van der Waals surface area contributed by atoms with Crippen LogP contribution in [0.25, 0.3) is 11.1 Å². The van der Waals surface area contributed by atoms with Crippen LogP contribution in [0.1, 0.15) is 80.8 Å². The fourth-order valence-electron chi connectivity index (χ4n) is 7.55. The summed E-state index contributed by atoms with van der Waals surface area (Å²) in [7, 11) is 0. The van der Waals surface area contributed by atoms with Crippen LogP contribution in [-0.2, 0) is 16.0 Å². The van der Waals surface area contributed by atoms with E-state index in [1.54, 1.807) is 6.92 Å². The number of allylic oxidation sites excluding steroid dienone is 4. The molecule has 0 aromatic heterocycles. The first-order valence-corrected chi connectivity index (χ1v) is 13.7. The van der Waals surface area contributed by atoms with Gasteiger partial charge in [-0.3, -0.25) is 9.59 Å². The van der Waals surface area contributed by atoms with Gasteiger partial charge in [0, 0.05) is 27.5 Å². The van der Waals surface area contributed by atoms with E-state index in [1.807, 2.05) is 57.2 Å². The SMILES string of the molecule is C=C(C)c1ccc(C#Cc2ccc(C)c3c2C[C@]2(C)C[C@]4(C)CC(C)=C(C(C)=O)C(=O)[C@]4(O)C(O)=C2C3=C)cc1. The van der Waals surface area contributed by atoms with Crippen LogP contribution in [0.3, 0.4) is 0 Å². The molecule has 3 aliphatic carbocycles. The van der Waals surface area contributed by atoms with Crippen LogP contribution in [0.2, 0.25) is 0 Å². The van der Waals surface area contributed by atoms with Gasteiger partial charge in [-0.2, -0.15) is 0 Å².